The number of aryl methyl sites for hydroxylation is 1. The second-order valence-electron chi connectivity index (χ2n) is 10.00. The number of carbonyl (C=O) groups is 3. The number of hydrogen-bond acceptors (Lipinski definition) is 5. The second-order valence-corrected chi connectivity index (χ2v) is 10.00. The van der Waals surface area contributed by atoms with Gasteiger partial charge in [0.15, 0.2) is 0 Å². The smallest absolute Gasteiger partial charge is 0.255 e. The number of nitrogens with one attached hydrogen (secondary N) is 1. The molecule has 0 spiro atoms. The molecule has 1 N–H and O–H groups in total. The van der Waals surface area contributed by atoms with Crippen LogP contribution in [0.1, 0.15) is 51.9 Å². The lowest BCUT2D eigenvalue weighted by atomic mass is 9.99. The molecular formula is C29H33N3O4. The third-order valence-electron chi connectivity index (χ3n) is 7.30. The molecule has 1 unspecified atom stereocenters. The molecule has 0 aromatic heterocycles. The van der Waals surface area contributed by atoms with Crippen molar-refractivity contribution in [3.8, 4) is 0 Å². The summed E-state index contributed by atoms with van der Waals surface area (Å²) in [6.07, 6.45) is 2.80. The maximum atomic E-state index is 12.9. The van der Waals surface area contributed by atoms with E-state index < -0.39 is 6.04 Å². The first kappa shape index (κ1) is 24.4. The molecule has 3 aliphatic heterocycles. The fraction of sp³-hybridized carbons (Fsp3) is 0.414. The minimum atomic E-state index is -0.459. The van der Waals surface area contributed by atoms with Crippen LogP contribution in [0.4, 0.5) is 0 Å². The van der Waals surface area contributed by atoms with Gasteiger partial charge >= 0.3 is 0 Å². The molecule has 3 aliphatic rings. The van der Waals surface area contributed by atoms with Gasteiger partial charge in [0.25, 0.3) is 5.91 Å². The van der Waals surface area contributed by atoms with Crippen LogP contribution in [0.15, 0.2) is 54.7 Å². The third-order valence-corrected chi connectivity index (χ3v) is 7.30. The minimum absolute atomic E-state index is 0.0998. The molecule has 0 bridgehead atoms. The quantitative estimate of drug-likeness (QED) is 0.619. The number of fused-ring (bicyclic) bond motifs is 1. The highest BCUT2D eigenvalue weighted by atomic mass is 16.5. The van der Waals surface area contributed by atoms with Crippen molar-refractivity contribution in [1.29, 1.82) is 0 Å². The largest absolute Gasteiger partial charge is 0.379 e. The number of amides is 2. The van der Waals surface area contributed by atoms with Crippen LogP contribution in [0.2, 0.25) is 0 Å². The van der Waals surface area contributed by atoms with Crippen LogP contribution in [0, 0.1) is 0 Å². The molecule has 0 radical (unpaired) electrons. The van der Waals surface area contributed by atoms with E-state index in [2.05, 4.69) is 28.9 Å². The lowest BCUT2D eigenvalue weighted by Gasteiger charge is -2.30. The summed E-state index contributed by atoms with van der Waals surface area (Å²) in [6, 6.07) is 13.6. The maximum absolute atomic E-state index is 12.9. The minimum Gasteiger partial charge on any atom is -0.379 e. The Balaban J connectivity index is 1.15. The highest BCUT2D eigenvalue weighted by Crippen LogP contribution is 2.29. The zero-order valence-corrected chi connectivity index (χ0v) is 20.6. The van der Waals surface area contributed by atoms with Crippen molar-refractivity contribution in [2.24, 2.45) is 0 Å². The SMILES string of the molecule is C=C1CCC(N2Cc3cc(CCC(=O)Cc4cccc(CN5CCOCC5)c4)ccc3C2=O)C(=O)N1. The van der Waals surface area contributed by atoms with E-state index in [4.69, 9.17) is 4.74 Å². The van der Waals surface area contributed by atoms with Gasteiger partial charge in [0.2, 0.25) is 5.91 Å². The van der Waals surface area contributed by atoms with Gasteiger partial charge in [0, 0.05) is 50.3 Å². The van der Waals surface area contributed by atoms with Crippen molar-refractivity contribution in [2.45, 2.75) is 51.2 Å². The van der Waals surface area contributed by atoms with Crippen molar-refractivity contribution < 1.29 is 19.1 Å². The molecular weight excluding hydrogens is 454 g/mol. The summed E-state index contributed by atoms with van der Waals surface area (Å²) < 4.78 is 5.42. The Morgan fingerprint density at radius 2 is 1.86 bits per heavy atom. The van der Waals surface area contributed by atoms with Crippen LogP contribution in [0.25, 0.3) is 0 Å². The van der Waals surface area contributed by atoms with Crippen LogP contribution in [0.5, 0.6) is 0 Å². The average Bonchev–Trinajstić information content (AvgIpc) is 3.19. The summed E-state index contributed by atoms with van der Waals surface area (Å²) in [7, 11) is 0. The van der Waals surface area contributed by atoms with Gasteiger partial charge in [-0.1, -0.05) is 43.0 Å². The number of allylic oxidation sites excluding steroid dienone is 1. The van der Waals surface area contributed by atoms with Crippen molar-refractivity contribution >= 4 is 17.6 Å². The molecule has 2 saturated heterocycles. The topological polar surface area (TPSA) is 79.0 Å². The van der Waals surface area contributed by atoms with Gasteiger partial charge in [0.1, 0.15) is 11.8 Å². The summed E-state index contributed by atoms with van der Waals surface area (Å²) in [5.41, 5.74) is 5.60. The van der Waals surface area contributed by atoms with Crippen molar-refractivity contribution in [3.63, 3.8) is 0 Å². The zero-order chi connectivity index (χ0) is 25.1. The first-order valence-corrected chi connectivity index (χ1v) is 12.8. The standard InChI is InChI=1S/C29H33N3O4/c1-20-5-10-27(28(34)30-20)32-19-24-16-21(7-9-26(24)29(32)35)6-8-25(33)17-22-3-2-4-23(15-22)18-31-11-13-36-14-12-31/h2-4,7,9,15-16,27H,1,5-6,8,10-14,17-19H2,(H,30,34). The molecule has 7 heteroatoms. The number of morpholine rings is 1. The monoisotopic (exact) mass is 487 g/mol. The van der Waals surface area contributed by atoms with E-state index in [1.54, 1.807) is 4.90 Å². The molecule has 188 valence electrons. The Bertz CT molecular complexity index is 1180. The van der Waals surface area contributed by atoms with Gasteiger partial charge in [-0.3, -0.25) is 19.3 Å². The van der Waals surface area contributed by atoms with Gasteiger partial charge < -0.3 is 15.0 Å². The number of Topliss-reactive ketones (excluding diaryl/α,β-unsaturated/α-hetero) is 1. The molecule has 36 heavy (non-hydrogen) atoms. The lowest BCUT2D eigenvalue weighted by molar-refractivity contribution is -0.126. The Hall–Kier alpha value is -3.29. The van der Waals surface area contributed by atoms with Crippen molar-refractivity contribution in [2.75, 3.05) is 26.3 Å². The van der Waals surface area contributed by atoms with Gasteiger partial charge in [-0.05, 0) is 47.6 Å². The zero-order valence-electron chi connectivity index (χ0n) is 20.6. The first-order chi connectivity index (χ1) is 17.5. The average molecular weight is 488 g/mol. The summed E-state index contributed by atoms with van der Waals surface area (Å²) in [5.74, 6) is -0.0553. The fourth-order valence-corrected chi connectivity index (χ4v) is 5.32. The predicted octanol–water partition coefficient (Wildman–Crippen LogP) is 3.01. The Morgan fingerprint density at radius 3 is 2.67 bits per heavy atom. The van der Waals surface area contributed by atoms with Gasteiger partial charge in [-0.2, -0.15) is 0 Å². The van der Waals surface area contributed by atoms with E-state index in [0.717, 1.165) is 49.5 Å². The number of hydrogen-bond donors (Lipinski definition) is 1. The van der Waals surface area contributed by atoms with Crippen LogP contribution in [-0.2, 0) is 40.3 Å². The molecule has 5 rings (SSSR count). The maximum Gasteiger partial charge on any atom is 0.255 e. The predicted molar refractivity (Wildman–Crippen MR) is 136 cm³/mol. The van der Waals surface area contributed by atoms with Crippen LogP contribution in [0.3, 0.4) is 0 Å². The number of ether oxygens (including phenoxy) is 1. The van der Waals surface area contributed by atoms with E-state index in [1.807, 2.05) is 30.3 Å². The second kappa shape index (κ2) is 10.8. The molecule has 0 aliphatic carbocycles. The number of nitrogens with zero attached hydrogens (tertiary/aromatic N) is 2. The molecule has 2 aromatic carbocycles. The Labute approximate surface area is 212 Å². The first-order valence-electron chi connectivity index (χ1n) is 12.8. The number of piperidine rings is 1. The summed E-state index contributed by atoms with van der Waals surface area (Å²) in [6.45, 7) is 8.56. The third kappa shape index (κ3) is 5.58. The van der Waals surface area contributed by atoms with E-state index in [-0.39, 0.29) is 17.6 Å². The molecule has 1 atom stereocenters. The molecule has 2 amide bonds. The number of ketones is 1. The molecule has 2 fully saturated rings. The molecule has 0 saturated carbocycles. The van der Waals surface area contributed by atoms with Gasteiger partial charge in [0.05, 0.1) is 13.2 Å². The molecule has 3 heterocycles. The van der Waals surface area contributed by atoms with Crippen molar-refractivity contribution in [1.82, 2.24) is 15.1 Å². The molecule has 7 nitrogen and oxygen atoms in total. The van der Waals surface area contributed by atoms with E-state index >= 15 is 0 Å². The highest BCUT2D eigenvalue weighted by Gasteiger charge is 2.38. The highest BCUT2D eigenvalue weighted by molar-refractivity contribution is 6.01. The lowest BCUT2D eigenvalue weighted by Crippen LogP contribution is -2.49. The summed E-state index contributed by atoms with van der Waals surface area (Å²) in [4.78, 5) is 42.1. The fourth-order valence-electron chi connectivity index (χ4n) is 5.32. The molecule has 2 aromatic rings. The van der Waals surface area contributed by atoms with E-state index in [0.29, 0.717) is 49.9 Å². The van der Waals surface area contributed by atoms with Crippen molar-refractivity contribution in [3.05, 3.63) is 82.6 Å². The Kier molecular flexibility index (Phi) is 7.30. The summed E-state index contributed by atoms with van der Waals surface area (Å²) in [5, 5.41) is 2.77. The van der Waals surface area contributed by atoms with Gasteiger partial charge in [-0.15, -0.1) is 0 Å². The van der Waals surface area contributed by atoms with Crippen LogP contribution in [-0.4, -0.2) is 59.7 Å². The number of benzene rings is 2. The number of carbonyl (C=O) groups excluding carboxylic acids is 3. The normalized spacial score (nSPS) is 20.4. The number of rotatable bonds is 8. The summed E-state index contributed by atoms with van der Waals surface area (Å²) >= 11 is 0. The van der Waals surface area contributed by atoms with E-state index in [9.17, 15) is 14.4 Å². The van der Waals surface area contributed by atoms with Crippen LogP contribution < -0.4 is 5.32 Å². The Morgan fingerprint density at radius 1 is 1.06 bits per heavy atom. The van der Waals surface area contributed by atoms with Gasteiger partial charge in [-0.25, -0.2) is 0 Å². The van der Waals surface area contributed by atoms with E-state index in [1.165, 1.54) is 5.56 Å². The van der Waals surface area contributed by atoms with Crippen LogP contribution >= 0.6 is 0 Å².